The molecule has 0 aliphatic carbocycles. The van der Waals surface area contributed by atoms with E-state index in [-0.39, 0.29) is 16.9 Å². The third-order valence-electron chi connectivity index (χ3n) is 10.6. The van der Waals surface area contributed by atoms with Crippen molar-refractivity contribution in [3.8, 4) is 11.1 Å². The summed E-state index contributed by atoms with van der Waals surface area (Å²) in [6.07, 6.45) is 8.10. The lowest BCUT2D eigenvalue weighted by Crippen LogP contribution is -2.59. The molecule has 4 aromatic heterocycles. The van der Waals surface area contributed by atoms with E-state index in [1.54, 1.807) is 31.6 Å². The molecule has 1 amide bonds. The maximum Gasteiger partial charge on any atom is 0.274 e. The van der Waals surface area contributed by atoms with Crippen LogP contribution in [0.3, 0.4) is 0 Å². The van der Waals surface area contributed by atoms with Crippen LogP contribution >= 0.6 is 0 Å². The number of carbonyl (C=O) groups is 1. The molecule has 0 bridgehead atoms. The largest absolute Gasteiger partial charge is 0.392 e. The van der Waals surface area contributed by atoms with Crippen molar-refractivity contribution >= 4 is 28.9 Å². The number of hydrogen-bond acceptors (Lipinski definition) is 9. The number of rotatable bonds is 7. The zero-order chi connectivity index (χ0) is 33.8. The van der Waals surface area contributed by atoms with Gasteiger partial charge in [-0.1, -0.05) is 0 Å². The molecule has 4 aliphatic rings. The number of piperazine rings is 1. The quantitative estimate of drug-likeness (QED) is 0.305. The van der Waals surface area contributed by atoms with Crippen molar-refractivity contribution in [2.45, 2.75) is 57.8 Å². The van der Waals surface area contributed by atoms with Crippen molar-refractivity contribution in [3.63, 3.8) is 0 Å². The predicted octanol–water partition coefficient (Wildman–Crippen LogP) is 3.47. The van der Waals surface area contributed by atoms with Gasteiger partial charge in [-0.3, -0.25) is 19.4 Å². The fraction of sp³-hybridized carbons (Fsp3) is 0.444. The van der Waals surface area contributed by atoms with E-state index < -0.39 is 18.3 Å². The number of fused-ring (bicyclic) bond motifs is 3. The van der Waals surface area contributed by atoms with E-state index in [9.17, 15) is 14.7 Å². The number of hydrogen-bond donors (Lipinski definition) is 2. The Hall–Kier alpha value is -4.59. The number of carbonyl (C=O) groups excluding carboxylic acids is 1. The van der Waals surface area contributed by atoms with Crippen molar-refractivity contribution in [1.29, 1.82) is 0 Å². The van der Waals surface area contributed by atoms with Crippen molar-refractivity contribution < 1.29 is 19.0 Å². The fourth-order valence-electron chi connectivity index (χ4n) is 7.89. The van der Waals surface area contributed by atoms with Gasteiger partial charge in [0, 0.05) is 81.4 Å². The molecule has 13 heteroatoms. The van der Waals surface area contributed by atoms with E-state index in [2.05, 4.69) is 32.0 Å². The molecule has 0 saturated carbocycles. The van der Waals surface area contributed by atoms with Crippen LogP contribution in [0.5, 0.6) is 0 Å². The summed E-state index contributed by atoms with van der Waals surface area (Å²) in [7, 11) is 1.67. The summed E-state index contributed by atoms with van der Waals surface area (Å²) < 4.78 is 24.4. The topological polar surface area (TPSA) is 121 Å². The highest BCUT2D eigenvalue weighted by Gasteiger charge is 2.37. The van der Waals surface area contributed by atoms with Crippen molar-refractivity contribution in [2.24, 2.45) is 7.05 Å². The first-order valence-electron chi connectivity index (χ1n) is 17.1. The lowest BCUT2D eigenvalue weighted by molar-refractivity contribution is -0.0691. The van der Waals surface area contributed by atoms with Gasteiger partial charge < -0.3 is 29.2 Å². The number of halogens is 1. The summed E-state index contributed by atoms with van der Waals surface area (Å²) in [5, 5.41) is 13.8. The van der Waals surface area contributed by atoms with Crippen LogP contribution in [-0.4, -0.2) is 86.5 Å². The van der Waals surface area contributed by atoms with E-state index in [1.807, 2.05) is 22.9 Å². The number of anilines is 4. The van der Waals surface area contributed by atoms with E-state index in [0.29, 0.717) is 65.4 Å². The number of nitrogens with zero attached hydrogens (tertiary/aromatic N) is 7. The number of pyridine rings is 3. The summed E-state index contributed by atoms with van der Waals surface area (Å²) in [6, 6.07) is 8.23. The predicted molar refractivity (Wildman–Crippen MR) is 184 cm³/mol. The molecule has 0 radical (unpaired) electrons. The molecule has 8 heterocycles. The Labute approximate surface area is 283 Å². The number of aliphatic hydroxyl groups excluding tert-OH is 1. The standard InChI is InChI=1S/C36H41FN8O4/c1-22-17-42(25-20-49-21-25)13-14-43(22)24-6-7-31(39-16-24)40-28-15-23(18-41(2)35(28)47)26-8-10-38-34(27(26)19-46)45-12-9-29-32(36(45)48)33(37)30-5-3-4-11-44(29)30/h6-8,10,15-16,18,22,25,46H,3-5,9,11-14,17,19-21H2,1-2H3,(H,39,40). The molecule has 2 N–H and O–H groups in total. The van der Waals surface area contributed by atoms with Gasteiger partial charge in [-0.15, -0.1) is 0 Å². The van der Waals surface area contributed by atoms with Crippen LogP contribution in [0.2, 0.25) is 0 Å². The first kappa shape index (κ1) is 31.7. The van der Waals surface area contributed by atoms with Gasteiger partial charge in [0.25, 0.3) is 11.5 Å². The van der Waals surface area contributed by atoms with Crippen LogP contribution in [0, 0.1) is 5.82 Å². The molecule has 12 nitrogen and oxygen atoms in total. The van der Waals surface area contributed by atoms with E-state index >= 15 is 4.39 Å². The van der Waals surface area contributed by atoms with Crippen LogP contribution in [0.25, 0.3) is 11.1 Å². The minimum Gasteiger partial charge on any atom is -0.392 e. The summed E-state index contributed by atoms with van der Waals surface area (Å²) in [6.45, 7) is 7.35. The Morgan fingerprint density at radius 3 is 2.63 bits per heavy atom. The van der Waals surface area contributed by atoms with Gasteiger partial charge in [-0.25, -0.2) is 14.4 Å². The second-order valence-corrected chi connectivity index (χ2v) is 13.5. The average Bonchev–Trinajstić information content (AvgIpc) is 3.38. The summed E-state index contributed by atoms with van der Waals surface area (Å²) in [5.74, 6) is -0.0590. The zero-order valence-electron chi connectivity index (χ0n) is 27.9. The molecule has 49 heavy (non-hydrogen) atoms. The fourth-order valence-corrected chi connectivity index (χ4v) is 7.89. The van der Waals surface area contributed by atoms with Crippen LogP contribution in [-0.2, 0) is 37.8 Å². The van der Waals surface area contributed by atoms with Crippen LogP contribution < -0.4 is 20.7 Å². The van der Waals surface area contributed by atoms with Crippen molar-refractivity contribution in [3.05, 3.63) is 81.5 Å². The van der Waals surface area contributed by atoms with Gasteiger partial charge >= 0.3 is 0 Å². The normalized spacial score (nSPS) is 19.8. The zero-order valence-corrected chi connectivity index (χ0v) is 27.9. The van der Waals surface area contributed by atoms with Crippen molar-refractivity contribution in [1.82, 2.24) is 24.0 Å². The second kappa shape index (κ2) is 12.7. The average molecular weight is 669 g/mol. The summed E-state index contributed by atoms with van der Waals surface area (Å²) >= 11 is 0. The minimum absolute atomic E-state index is 0.117. The SMILES string of the molecule is CC1CN(C2COC2)CCN1c1ccc(Nc2cc(-c3ccnc(N4CCc5c(c(F)c6n5CCCC6)C4=O)c3CO)cn(C)c2=O)nc1. The number of aryl methyl sites for hydroxylation is 1. The molecule has 1 unspecified atom stereocenters. The Balaban J connectivity index is 1.05. The number of amides is 1. The molecule has 1 atom stereocenters. The van der Waals surface area contributed by atoms with Gasteiger partial charge in [-0.05, 0) is 56.0 Å². The summed E-state index contributed by atoms with van der Waals surface area (Å²) in [5.41, 5.74) is 4.26. The third kappa shape index (κ3) is 5.49. The van der Waals surface area contributed by atoms with E-state index in [0.717, 1.165) is 63.6 Å². The third-order valence-corrected chi connectivity index (χ3v) is 10.6. The molecule has 0 aromatic carbocycles. The highest BCUT2D eigenvalue weighted by molar-refractivity contribution is 6.08. The molecule has 4 aromatic rings. The smallest absolute Gasteiger partial charge is 0.274 e. The lowest BCUT2D eigenvalue weighted by atomic mass is 10.00. The maximum atomic E-state index is 15.6. The van der Waals surface area contributed by atoms with E-state index in [1.165, 1.54) is 9.47 Å². The minimum atomic E-state index is -0.443. The highest BCUT2D eigenvalue weighted by atomic mass is 19.1. The number of aliphatic hydroxyl groups is 1. The highest BCUT2D eigenvalue weighted by Crippen LogP contribution is 2.36. The van der Waals surface area contributed by atoms with Gasteiger partial charge in [0.1, 0.15) is 17.3 Å². The molecule has 0 spiro atoms. The molecular weight excluding hydrogens is 627 g/mol. The number of ether oxygens (including phenoxy) is 1. The molecule has 2 fully saturated rings. The Morgan fingerprint density at radius 2 is 1.90 bits per heavy atom. The maximum absolute atomic E-state index is 15.6. The van der Waals surface area contributed by atoms with Gasteiger partial charge in [0.15, 0.2) is 5.82 Å². The number of aromatic nitrogens is 4. The van der Waals surface area contributed by atoms with Crippen LogP contribution in [0.15, 0.2) is 47.7 Å². The van der Waals surface area contributed by atoms with Crippen molar-refractivity contribution in [2.75, 3.05) is 54.5 Å². The van der Waals surface area contributed by atoms with Crippen LogP contribution in [0.1, 0.15) is 47.1 Å². The second-order valence-electron chi connectivity index (χ2n) is 13.5. The number of nitrogens with one attached hydrogen (secondary N) is 1. The molecule has 256 valence electrons. The first-order chi connectivity index (χ1) is 23.8. The van der Waals surface area contributed by atoms with Crippen LogP contribution in [0.4, 0.5) is 27.4 Å². The lowest BCUT2D eigenvalue weighted by Gasteiger charge is -2.46. The molecular formula is C36H41FN8O4. The van der Waals surface area contributed by atoms with Gasteiger partial charge in [-0.2, -0.15) is 0 Å². The summed E-state index contributed by atoms with van der Waals surface area (Å²) in [4.78, 5) is 42.6. The molecule has 8 rings (SSSR count). The van der Waals surface area contributed by atoms with Gasteiger partial charge in [0.05, 0.1) is 49.0 Å². The Bertz CT molecular complexity index is 1970. The Kier molecular flexibility index (Phi) is 8.21. The van der Waals surface area contributed by atoms with E-state index in [4.69, 9.17) is 4.74 Å². The molecule has 2 saturated heterocycles. The monoisotopic (exact) mass is 668 g/mol. The van der Waals surface area contributed by atoms with Gasteiger partial charge in [0.2, 0.25) is 0 Å². The first-order valence-corrected chi connectivity index (χ1v) is 17.1. The molecule has 4 aliphatic heterocycles. The Morgan fingerprint density at radius 1 is 1.04 bits per heavy atom.